The molecule has 1 aromatic carbocycles. The third kappa shape index (κ3) is 2.29. The van der Waals surface area contributed by atoms with Crippen molar-refractivity contribution in [2.24, 2.45) is 12.8 Å². The molecule has 0 aliphatic heterocycles. The Morgan fingerprint density at radius 1 is 1.39 bits per heavy atom. The molecule has 0 spiro atoms. The van der Waals surface area contributed by atoms with Gasteiger partial charge >= 0.3 is 0 Å². The number of rotatable bonds is 3. The van der Waals surface area contributed by atoms with E-state index in [0.717, 1.165) is 23.2 Å². The third-order valence-corrected chi connectivity index (χ3v) is 3.05. The largest absolute Gasteiger partial charge is 0.324 e. The Kier molecular flexibility index (Phi) is 3.48. The first-order chi connectivity index (χ1) is 8.52. The van der Waals surface area contributed by atoms with Crippen molar-refractivity contribution in [1.82, 2.24) is 9.78 Å². The van der Waals surface area contributed by atoms with Crippen LogP contribution in [0, 0.1) is 5.82 Å². The van der Waals surface area contributed by atoms with E-state index in [-0.39, 0.29) is 11.9 Å². The maximum atomic E-state index is 14.0. The van der Waals surface area contributed by atoms with Crippen molar-refractivity contribution in [3.8, 4) is 11.1 Å². The number of benzene rings is 1. The highest BCUT2D eigenvalue weighted by Gasteiger charge is 2.14. The smallest absolute Gasteiger partial charge is 0.131 e. The van der Waals surface area contributed by atoms with Crippen molar-refractivity contribution in [3.63, 3.8) is 0 Å². The van der Waals surface area contributed by atoms with Crippen molar-refractivity contribution in [3.05, 3.63) is 41.5 Å². The number of halogens is 1. The first kappa shape index (κ1) is 12.8. The number of nitrogens with zero attached hydrogens (tertiary/aromatic N) is 2. The van der Waals surface area contributed by atoms with Crippen LogP contribution < -0.4 is 5.73 Å². The van der Waals surface area contributed by atoms with Crippen molar-refractivity contribution in [2.45, 2.75) is 26.3 Å². The summed E-state index contributed by atoms with van der Waals surface area (Å²) >= 11 is 0. The fourth-order valence-electron chi connectivity index (χ4n) is 2.05. The number of aromatic nitrogens is 2. The van der Waals surface area contributed by atoms with Crippen LogP contribution in [-0.2, 0) is 13.5 Å². The molecule has 0 saturated carbocycles. The van der Waals surface area contributed by atoms with E-state index in [1.54, 1.807) is 10.7 Å². The molecule has 2 N–H and O–H groups in total. The molecule has 4 heteroatoms. The highest BCUT2D eigenvalue weighted by atomic mass is 19.1. The van der Waals surface area contributed by atoms with Gasteiger partial charge in [-0.1, -0.05) is 13.0 Å². The molecular formula is C14H18FN3. The lowest BCUT2D eigenvalue weighted by atomic mass is 9.99. The van der Waals surface area contributed by atoms with Crippen LogP contribution >= 0.6 is 0 Å². The second-order valence-electron chi connectivity index (χ2n) is 4.54. The van der Waals surface area contributed by atoms with Gasteiger partial charge in [-0.25, -0.2) is 4.39 Å². The van der Waals surface area contributed by atoms with Gasteiger partial charge in [0, 0.05) is 30.4 Å². The van der Waals surface area contributed by atoms with Gasteiger partial charge in [-0.2, -0.15) is 5.10 Å². The Labute approximate surface area is 106 Å². The molecule has 0 amide bonds. The summed E-state index contributed by atoms with van der Waals surface area (Å²) < 4.78 is 15.7. The minimum absolute atomic E-state index is 0.105. The first-order valence-electron chi connectivity index (χ1n) is 6.10. The molecule has 18 heavy (non-hydrogen) atoms. The lowest BCUT2D eigenvalue weighted by Gasteiger charge is -2.09. The Morgan fingerprint density at radius 3 is 2.72 bits per heavy atom. The predicted molar refractivity (Wildman–Crippen MR) is 70.6 cm³/mol. The highest BCUT2D eigenvalue weighted by Crippen LogP contribution is 2.28. The summed E-state index contributed by atoms with van der Waals surface area (Å²) in [6, 6.07) is 4.91. The fourth-order valence-corrected chi connectivity index (χ4v) is 2.05. The van der Waals surface area contributed by atoms with E-state index in [4.69, 9.17) is 5.73 Å². The van der Waals surface area contributed by atoms with Crippen molar-refractivity contribution in [2.75, 3.05) is 0 Å². The predicted octanol–water partition coefficient (Wildman–Crippen LogP) is 2.81. The maximum absolute atomic E-state index is 14.0. The first-order valence-corrected chi connectivity index (χ1v) is 6.10. The molecule has 1 aromatic heterocycles. The molecular weight excluding hydrogens is 229 g/mol. The molecule has 3 nitrogen and oxygen atoms in total. The summed E-state index contributed by atoms with van der Waals surface area (Å²) in [6.07, 6.45) is 2.63. The summed E-state index contributed by atoms with van der Waals surface area (Å²) in [7, 11) is 1.84. The zero-order valence-electron chi connectivity index (χ0n) is 10.9. The van der Waals surface area contributed by atoms with Crippen LogP contribution in [0.3, 0.4) is 0 Å². The monoisotopic (exact) mass is 247 g/mol. The second-order valence-corrected chi connectivity index (χ2v) is 4.54. The van der Waals surface area contributed by atoms with E-state index < -0.39 is 0 Å². The molecule has 2 aromatic rings. The number of aryl methyl sites for hydroxylation is 2. The van der Waals surface area contributed by atoms with E-state index in [9.17, 15) is 4.39 Å². The molecule has 0 aliphatic carbocycles. The maximum Gasteiger partial charge on any atom is 0.131 e. The topological polar surface area (TPSA) is 43.8 Å². The van der Waals surface area contributed by atoms with Gasteiger partial charge in [0.2, 0.25) is 0 Å². The average molecular weight is 247 g/mol. The molecule has 0 fully saturated rings. The molecule has 0 radical (unpaired) electrons. The fraction of sp³-hybridized carbons (Fsp3) is 0.357. The van der Waals surface area contributed by atoms with E-state index in [0.29, 0.717) is 5.56 Å². The third-order valence-electron chi connectivity index (χ3n) is 3.05. The van der Waals surface area contributed by atoms with Gasteiger partial charge in [-0.3, -0.25) is 4.68 Å². The Bertz CT molecular complexity index is 558. The standard InChI is InChI=1S/C14H18FN3/c1-4-14-12(8-18(3)17-14)11-7-10(9(2)16)5-6-13(11)15/h5-9H,4,16H2,1-3H3. The van der Waals surface area contributed by atoms with Gasteiger partial charge in [0.15, 0.2) is 0 Å². The van der Waals surface area contributed by atoms with Crippen LogP contribution in [-0.4, -0.2) is 9.78 Å². The van der Waals surface area contributed by atoms with Crippen LogP contribution in [0.4, 0.5) is 4.39 Å². The van der Waals surface area contributed by atoms with Gasteiger partial charge < -0.3 is 5.73 Å². The number of hydrogen-bond acceptors (Lipinski definition) is 2. The zero-order chi connectivity index (χ0) is 13.3. The molecule has 0 aliphatic rings. The van der Waals surface area contributed by atoms with E-state index >= 15 is 0 Å². The van der Waals surface area contributed by atoms with Gasteiger partial charge in [-0.15, -0.1) is 0 Å². The Balaban J connectivity index is 2.58. The average Bonchev–Trinajstić information content (AvgIpc) is 2.70. The molecule has 0 bridgehead atoms. The van der Waals surface area contributed by atoms with Crippen LogP contribution in [0.2, 0.25) is 0 Å². The molecule has 2 rings (SSSR count). The summed E-state index contributed by atoms with van der Waals surface area (Å²) in [4.78, 5) is 0. The summed E-state index contributed by atoms with van der Waals surface area (Å²) in [5.74, 6) is -0.234. The molecule has 1 unspecified atom stereocenters. The van der Waals surface area contributed by atoms with Crippen LogP contribution in [0.5, 0.6) is 0 Å². The Hall–Kier alpha value is -1.68. The van der Waals surface area contributed by atoms with Crippen molar-refractivity contribution in [1.29, 1.82) is 0 Å². The minimum Gasteiger partial charge on any atom is -0.324 e. The molecule has 96 valence electrons. The van der Waals surface area contributed by atoms with E-state index in [1.165, 1.54) is 6.07 Å². The van der Waals surface area contributed by atoms with Gasteiger partial charge in [-0.05, 0) is 31.0 Å². The summed E-state index contributed by atoms with van der Waals surface area (Å²) in [6.45, 7) is 3.90. The lowest BCUT2D eigenvalue weighted by Crippen LogP contribution is -2.05. The normalized spacial score (nSPS) is 12.7. The second kappa shape index (κ2) is 4.90. The van der Waals surface area contributed by atoms with Crippen molar-refractivity contribution < 1.29 is 4.39 Å². The number of nitrogens with two attached hydrogens (primary N) is 1. The van der Waals surface area contributed by atoms with Gasteiger partial charge in [0.25, 0.3) is 0 Å². The number of hydrogen-bond donors (Lipinski definition) is 1. The van der Waals surface area contributed by atoms with E-state index in [1.807, 2.05) is 33.2 Å². The highest BCUT2D eigenvalue weighted by molar-refractivity contribution is 5.67. The molecule has 0 saturated heterocycles. The minimum atomic E-state index is -0.234. The summed E-state index contributed by atoms with van der Waals surface area (Å²) in [5, 5.41) is 4.34. The lowest BCUT2D eigenvalue weighted by molar-refractivity contribution is 0.629. The quantitative estimate of drug-likeness (QED) is 0.906. The Morgan fingerprint density at radius 2 is 2.11 bits per heavy atom. The van der Waals surface area contributed by atoms with Crippen LogP contribution in [0.15, 0.2) is 24.4 Å². The SMILES string of the molecule is CCc1nn(C)cc1-c1cc(C(C)N)ccc1F. The van der Waals surface area contributed by atoms with Crippen LogP contribution in [0.25, 0.3) is 11.1 Å². The van der Waals surface area contributed by atoms with Gasteiger partial charge in [0.05, 0.1) is 5.69 Å². The van der Waals surface area contributed by atoms with Crippen molar-refractivity contribution >= 4 is 0 Å². The van der Waals surface area contributed by atoms with Crippen LogP contribution in [0.1, 0.15) is 31.1 Å². The zero-order valence-corrected chi connectivity index (χ0v) is 10.9. The van der Waals surface area contributed by atoms with E-state index in [2.05, 4.69) is 5.10 Å². The summed E-state index contributed by atoms with van der Waals surface area (Å²) in [5.41, 5.74) is 9.10. The van der Waals surface area contributed by atoms with Gasteiger partial charge in [0.1, 0.15) is 5.82 Å². The molecule has 1 atom stereocenters. The molecule has 1 heterocycles.